The zero-order chi connectivity index (χ0) is 13.0. The van der Waals surface area contributed by atoms with E-state index in [1.54, 1.807) is 7.05 Å². The SMILES string of the molecule is CNc1snc(C)c1C(=O)OCC1CCCCC1. The Bertz CT molecular complexity index is 411. The van der Waals surface area contributed by atoms with Crippen LogP contribution in [0.15, 0.2) is 0 Å². The lowest BCUT2D eigenvalue weighted by Crippen LogP contribution is -2.17. The topological polar surface area (TPSA) is 51.2 Å². The fourth-order valence-corrected chi connectivity index (χ4v) is 3.13. The third-order valence-electron chi connectivity index (χ3n) is 3.47. The van der Waals surface area contributed by atoms with E-state index in [1.807, 2.05) is 6.92 Å². The van der Waals surface area contributed by atoms with Crippen molar-refractivity contribution in [2.75, 3.05) is 19.0 Å². The highest BCUT2D eigenvalue weighted by Crippen LogP contribution is 2.27. The van der Waals surface area contributed by atoms with Crippen LogP contribution in [0, 0.1) is 12.8 Å². The molecule has 0 aromatic carbocycles. The van der Waals surface area contributed by atoms with E-state index < -0.39 is 0 Å². The molecule has 1 aliphatic rings. The van der Waals surface area contributed by atoms with Crippen LogP contribution in [0.3, 0.4) is 0 Å². The van der Waals surface area contributed by atoms with Gasteiger partial charge in [0.15, 0.2) is 0 Å². The van der Waals surface area contributed by atoms with E-state index in [4.69, 9.17) is 4.74 Å². The highest BCUT2D eigenvalue weighted by Gasteiger charge is 2.21. The Labute approximate surface area is 112 Å². The number of ether oxygens (including phenoxy) is 1. The second kappa shape index (κ2) is 6.18. The molecule has 0 radical (unpaired) electrons. The van der Waals surface area contributed by atoms with Crippen LogP contribution in [0.1, 0.15) is 48.2 Å². The van der Waals surface area contributed by atoms with E-state index in [-0.39, 0.29) is 5.97 Å². The fourth-order valence-electron chi connectivity index (χ4n) is 2.40. The van der Waals surface area contributed by atoms with Crippen molar-refractivity contribution in [1.82, 2.24) is 4.37 Å². The molecule has 2 rings (SSSR count). The summed E-state index contributed by atoms with van der Waals surface area (Å²) in [6.45, 7) is 2.39. The van der Waals surface area contributed by atoms with Gasteiger partial charge in [-0.2, -0.15) is 4.37 Å². The molecule has 18 heavy (non-hydrogen) atoms. The quantitative estimate of drug-likeness (QED) is 0.852. The smallest absolute Gasteiger partial charge is 0.343 e. The highest BCUT2D eigenvalue weighted by molar-refractivity contribution is 7.10. The maximum Gasteiger partial charge on any atom is 0.343 e. The number of nitrogens with zero attached hydrogens (tertiary/aromatic N) is 1. The normalized spacial score (nSPS) is 16.6. The predicted octanol–water partition coefficient (Wildman–Crippen LogP) is 3.23. The minimum Gasteiger partial charge on any atom is -0.462 e. The molecule has 0 amide bonds. The van der Waals surface area contributed by atoms with Crippen LogP contribution < -0.4 is 5.32 Å². The molecule has 5 heteroatoms. The van der Waals surface area contributed by atoms with Gasteiger partial charge in [-0.15, -0.1) is 0 Å². The summed E-state index contributed by atoms with van der Waals surface area (Å²) in [5, 5.41) is 3.78. The summed E-state index contributed by atoms with van der Waals surface area (Å²) in [4.78, 5) is 12.1. The van der Waals surface area contributed by atoms with Gasteiger partial charge in [-0.25, -0.2) is 4.79 Å². The molecule has 1 aromatic heterocycles. The second-order valence-electron chi connectivity index (χ2n) is 4.82. The monoisotopic (exact) mass is 268 g/mol. The number of anilines is 1. The molecule has 1 N–H and O–H groups in total. The van der Waals surface area contributed by atoms with Gasteiger partial charge in [-0.3, -0.25) is 0 Å². The number of rotatable bonds is 4. The van der Waals surface area contributed by atoms with Crippen LogP contribution in [0.25, 0.3) is 0 Å². The third-order valence-corrected chi connectivity index (χ3v) is 4.42. The second-order valence-corrected chi connectivity index (χ2v) is 5.60. The summed E-state index contributed by atoms with van der Waals surface area (Å²) < 4.78 is 9.62. The summed E-state index contributed by atoms with van der Waals surface area (Å²) in [5.41, 5.74) is 1.34. The van der Waals surface area contributed by atoms with E-state index in [0.29, 0.717) is 18.1 Å². The van der Waals surface area contributed by atoms with Crippen molar-refractivity contribution in [3.8, 4) is 0 Å². The predicted molar refractivity (Wildman–Crippen MR) is 73.3 cm³/mol. The first-order chi connectivity index (χ1) is 8.72. The molecule has 1 fully saturated rings. The molecular formula is C13H20N2O2S. The zero-order valence-corrected chi connectivity index (χ0v) is 11.8. The Kier molecular flexibility index (Phi) is 4.58. The third kappa shape index (κ3) is 3.02. The van der Waals surface area contributed by atoms with Gasteiger partial charge in [0.1, 0.15) is 10.6 Å². The van der Waals surface area contributed by atoms with Gasteiger partial charge in [-0.05, 0) is 37.2 Å². The first-order valence-electron chi connectivity index (χ1n) is 6.53. The van der Waals surface area contributed by atoms with Crippen LogP contribution in [0.4, 0.5) is 5.00 Å². The highest BCUT2D eigenvalue weighted by atomic mass is 32.1. The molecule has 0 unspecified atom stereocenters. The van der Waals surface area contributed by atoms with Crippen molar-refractivity contribution >= 4 is 22.5 Å². The number of nitrogens with one attached hydrogen (secondary N) is 1. The lowest BCUT2D eigenvalue weighted by atomic mass is 9.90. The van der Waals surface area contributed by atoms with E-state index in [1.165, 1.54) is 43.6 Å². The average Bonchev–Trinajstić information content (AvgIpc) is 2.78. The Morgan fingerprint density at radius 1 is 1.44 bits per heavy atom. The molecule has 4 nitrogen and oxygen atoms in total. The van der Waals surface area contributed by atoms with Crippen molar-refractivity contribution in [1.29, 1.82) is 0 Å². The molecule has 1 aliphatic carbocycles. The molecule has 1 aromatic rings. The number of carbonyl (C=O) groups is 1. The number of esters is 1. The van der Waals surface area contributed by atoms with Gasteiger partial charge in [-0.1, -0.05) is 19.3 Å². The number of hydrogen-bond acceptors (Lipinski definition) is 5. The van der Waals surface area contributed by atoms with Crippen molar-refractivity contribution in [2.45, 2.75) is 39.0 Å². The maximum absolute atomic E-state index is 12.1. The molecular weight excluding hydrogens is 248 g/mol. The van der Waals surface area contributed by atoms with Gasteiger partial charge < -0.3 is 10.1 Å². The van der Waals surface area contributed by atoms with Crippen molar-refractivity contribution < 1.29 is 9.53 Å². The minimum absolute atomic E-state index is 0.240. The van der Waals surface area contributed by atoms with Crippen LogP contribution in [-0.4, -0.2) is 24.0 Å². The first-order valence-corrected chi connectivity index (χ1v) is 7.31. The van der Waals surface area contributed by atoms with Crippen LogP contribution in [-0.2, 0) is 4.74 Å². The molecule has 0 saturated heterocycles. The van der Waals surface area contributed by atoms with Crippen molar-refractivity contribution in [3.05, 3.63) is 11.3 Å². The lowest BCUT2D eigenvalue weighted by molar-refractivity contribution is 0.0411. The summed E-state index contributed by atoms with van der Waals surface area (Å²) in [5.74, 6) is 0.309. The van der Waals surface area contributed by atoms with Crippen molar-refractivity contribution in [3.63, 3.8) is 0 Å². The van der Waals surface area contributed by atoms with Gasteiger partial charge in [0.05, 0.1) is 12.3 Å². The average molecular weight is 268 g/mol. The Hall–Kier alpha value is -1.10. The van der Waals surface area contributed by atoms with Gasteiger partial charge in [0.2, 0.25) is 0 Å². The van der Waals surface area contributed by atoms with Gasteiger partial charge in [0.25, 0.3) is 0 Å². The van der Waals surface area contributed by atoms with Gasteiger partial charge in [0, 0.05) is 7.05 Å². The molecule has 0 bridgehead atoms. The molecule has 100 valence electrons. The number of aromatic nitrogens is 1. The van der Waals surface area contributed by atoms with E-state index in [2.05, 4.69) is 9.69 Å². The minimum atomic E-state index is -0.240. The summed E-state index contributed by atoms with van der Waals surface area (Å²) in [6, 6.07) is 0. The zero-order valence-electron chi connectivity index (χ0n) is 11.0. The Balaban J connectivity index is 1.92. The molecule has 0 atom stereocenters. The Morgan fingerprint density at radius 2 is 2.17 bits per heavy atom. The van der Waals surface area contributed by atoms with E-state index in [9.17, 15) is 4.79 Å². The first kappa shape index (κ1) is 13.3. The molecule has 1 heterocycles. The summed E-state index contributed by atoms with van der Waals surface area (Å²) in [6.07, 6.45) is 6.23. The van der Waals surface area contributed by atoms with Crippen LogP contribution in [0.5, 0.6) is 0 Å². The molecule has 0 aliphatic heterocycles. The molecule has 0 spiro atoms. The van der Waals surface area contributed by atoms with Crippen LogP contribution in [0.2, 0.25) is 0 Å². The fraction of sp³-hybridized carbons (Fsp3) is 0.692. The van der Waals surface area contributed by atoms with E-state index >= 15 is 0 Å². The number of hydrogen-bond donors (Lipinski definition) is 1. The number of carbonyl (C=O) groups excluding carboxylic acids is 1. The Morgan fingerprint density at radius 3 is 2.83 bits per heavy atom. The number of aryl methyl sites for hydroxylation is 1. The van der Waals surface area contributed by atoms with Crippen molar-refractivity contribution in [2.24, 2.45) is 5.92 Å². The summed E-state index contributed by atoms with van der Waals surface area (Å²) >= 11 is 1.30. The van der Waals surface area contributed by atoms with E-state index in [0.717, 1.165) is 10.7 Å². The maximum atomic E-state index is 12.1. The standard InChI is InChI=1S/C13H20N2O2S/c1-9-11(12(14-2)18-15-9)13(16)17-8-10-6-4-3-5-7-10/h10,14H,3-8H2,1-2H3. The van der Waals surface area contributed by atoms with Gasteiger partial charge >= 0.3 is 5.97 Å². The largest absolute Gasteiger partial charge is 0.462 e. The molecule has 1 saturated carbocycles. The summed E-state index contributed by atoms with van der Waals surface area (Å²) in [7, 11) is 1.80. The lowest BCUT2D eigenvalue weighted by Gasteiger charge is -2.21. The van der Waals surface area contributed by atoms with Crippen LogP contribution >= 0.6 is 11.5 Å².